The van der Waals surface area contributed by atoms with Gasteiger partial charge in [-0.2, -0.15) is 0 Å². The highest BCUT2D eigenvalue weighted by atomic mass is 31.2. The zero-order valence-electron chi connectivity index (χ0n) is 63.9. The van der Waals surface area contributed by atoms with Crippen molar-refractivity contribution in [3.05, 3.63) is 0 Å². The van der Waals surface area contributed by atoms with Gasteiger partial charge in [0.15, 0.2) is 12.2 Å². The van der Waals surface area contributed by atoms with Crippen LogP contribution in [-0.4, -0.2) is 96.7 Å². The summed E-state index contributed by atoms with van der Waals surface area (Å²) >= 11 is 0. The van der Waals surface area contributed by atoms with Crippen molar-refractivity contribution in [2.75, 3.05) is 39.6 Å². The molecule has 0 aliphatic heterocycles. The molecule has 3 N–H and O–H groups in total. The Morgan fingerprint density at radius 1 is 0.276 bits per heavy atom. The third-order valence-corrected chi connectivity index (χ3v) is 20.4. The van der Waals surface area contributed by atoms with Crippen LogP contribution in [0.15, 0.2) is 0 Å². The number of carbonyl (C=O) groups excluding carboxylic acids is 4. The fraction of sp³-hybridized carbons (Fsp3) is 0.949. The van der Waals surface area contributed by atoms with Crippen molar-refractivity contribution in [3.63, 3.8) is 0 Å². The van der Waals surface area contributed by atoms with E-state index in [0.717, 1.165) is 89.9 Å². The Balaban J connectivity index is 5.17. The molecule has 0 bridgehead atoms. The lowest BCUT2D eigenvalue weighted by Gasteiger charge is -2.21. The summed E-state index contributed by atoms with van der Waals surface area (Å²) in [5, 5.41) is 10.6. The number of phosphoric ester groups is 2. The third-order valence-electron chi connectivity index (χ3n) is 18.5. The number of unbranched alkanes of at least 4 members (excludes halogenated alkanes) is 51. The molecule has 0 spiro atoms. The molecule has 0 aromatic carbocycles. The fourth-order valence-corrected chi connectivity index (χ4v) is 13.8. The average molecular weight is 1440 g/mol. The van der Waals surface area contributed by atoms with E-state index in [2.05, 4.69) is 34.6 Å². The number of phosphoric acid groups is 2. The molecule has 5 atom stereocenters. The lowest BCUT2D eigenvalue weighted by Crippen LogP contribution is -2.30. The zero-order chi connectivity index (χ0) is 71.9. The zero-order valence-corrected chi connectivity index (χ0v) is 65.7. The van der Waals surface area contributed by atoms with Crippen LogP contribution in [0.4, 0.5) is 0 Å². The van der Waals surface area contributed by atoms with E-state index in [1.807, 2.05) is 0 Å². The van der Waals surface area contributed by atoms with Gasteiger partial charge >= 0.3 is 39.5 Å². The smallest absolute Gasteiger partial charge is 0.462 e. The van der Waals surface area contributed by atoms with Crippen LogP contribution >= 0.6 is 15.6 Å². The van der Waals surface area contributed by atoms with E-state index in [-0.39, 0.29) is 25.7 Å². The summed E-state index contributed by atoms with van der Waals surface area (Å²) in [6.07, 6.45) is 62.8. The standard InChI is InChI=1S/C79H154O17P2/c1-6-9-12-15-18-21-23-25-27-29-31-32-33-35-37-39-41-44-49-54-59-64-78(83)95-74(68-90-77(82)63-58-53-48-43-40-38-36-34-30-28-26-24-22-19-16-13-10-7-2)70-93-97(85,86)91-66-73(80)67-92-98(87,88)94-71-75(69-89-76(81)62-57-52-47-42-20-17-14-11-8-3)96-79(84)65-60-55-50-45-46-51-56-61-72(4)5/h72-75,80H,6-71H2,1-5H3,(H,85,86)(H,87,88)/t73-,74-,75-/m1/s1. The molecule has 0 saturated heterocycles. The molecule has 98 heavy (non-hydrogen) atoms. The molecule has 0 aromatic rings. The average Bonchev–Trinajstić information content (AvgIpc) is 0.948. The normalized spacial score (nSPS) is 13.9. The summed E-state index contributed by atoms with van der Waals surface area (Å²) < 4.78 is 68.5. The highest BCUT2D eigenvalue weighted by molar-refractivity contribution is 7.47. The van der Waals surface area contributed by atoms with Crippen LogP contribution < -0.4 is 0 Å². The highest BCUT2D eigenvalue weighted by Gasteiger charge is 2.30. The van der Waals surface area contributed by atoms with Crippen LogP contribution in [0.5, 0.6) is 0 Å². The molecule has 0 aliphatic carbocycles. The second-order valence-electron chi connectivity index (χ2n) is 28.9. The summed E-state index contributed by atoms with van der Waals surface area (Å²) in [6, 6.07) is 0. The molecule has 0 rings (SSSR count). The predicted molar refractivity (Wildman–Crippen MR) is 400 cm³/mol. The second kappa shape index (κ2) is 72.0. The molecular weight excluding hydrogens is 1280 g/mol. The second-order valence-corrected chi connectivity index (χ2v) is 31.8. The van der Waals surface area contributed by atoms with Gasteiger partial charge in [-0.25, -0.2) is 9.13 Å². The molecule has 0 heterocycles. The first-order valence-corrected chi connectivity index (χ1v) is 44.1. The maximum atomic E-state index is 13.1. The molecule has 2 unspecified atom stereocenters. The first-order valence-electron chi connectivity index (χ1n) is 41.1. The molecule has 0 amide bonds. The van der Waals surface area contributed by atoms with Gasteiger partial charge in [-0.15, -0.1) is 0 Å². The number of hydrogen-bond acceptors (Lipinski definition) is 15. The van der Waals surface area contributed by atoms with Gasteiger partial charge in [0.1, 0.15) is 19.3 Å². The Kier molecular flexibility index (Phi) is 70.6. The van der Waals surface area contributed by atoms with Gasteiger partial charge in [0.25, 0.3) is 0 Å². The molecule has 0 radical (unpaired) electrons. The lowest BCUT2D eigenvalue weighted by molar-refractivity contribution is -0.161. The fourth-order valence-electron chi connectivity index (χ4n) is 12.2. The third kappa shape index (κ3) is 72.4. The van der Waals surface area contributed by atoms with Crippen molar-refractivity contribution < 1.29 is 80.2 Å². The monoisotopic (exact) mass is 1440 g/mol. The summed E-state index contributed by atoms with van der Waals surface area (Å²) in [6.45, 7) is 7.23. The Bertz CT molecular complexity index is 1870. The highest BCUT2D eigenvalue weighted by Crippen LogP contribution is 2.45. The van der Waals surface area contributed by atoms with E-state index >= 15 is 0 Å². The molecule has 0 fully saturated rings. The van der Waals surface area contributed by atoms with Crippen molar-refractivity contribution in [1.82, 2.24) is 0 Å². The van der Waals surface area contributed by atoms with Crippen LogP contribution in [-0.2, 0) is 65.4 Å². The van der Waals surface area contributed by atoms with Crippen LogP contribution in [0.25, 0.3) is 0 Å². The van der Waals surface area contributed by atoms with Crippen molar-refractivity contribution in [1.29, 1.82) is 0 Å². The Morgan fingerprint density at radius 2 is 0.469 bits per heavy atom. The van der Waals surface area contributed by atoms with Crippen LogP contribution in [0.2, 0.25) is 0 Å². The van der Waals surface area contributed by atoms with Crippen molar-refractivity contribution in [2.24, 2.45) is 5.92 Å². The van der Waals surface area contributed by atoms with E-state index < -0.39 is 97.5 Å². The minimum absolute atomic E-state index is 0.104. The quantitative estimate of drug-likeness (QED) is 0.0222. The number of hydrogen-bond donors (Lipinski definition) is 3. The van der Waals surface area contributed by atoms with Gasteiger partial charge in [-0.1, -0.05) is 369 Å². The number of aliphatic hydroxyl groups excluding tert-OH is 1. The molecule has 582 valence electrons. The topological polar surface area (TPSA) is 237 Å². The lowest BCUT2D eigenvalue weighted by atomic mass is 10.0. The summed E-state index contributed by atoms with van der Waals surface area (Å²) in [5.41, 5.74) is 0. The summed E-state index contributed by atoms with van der Waals surface area (Å²) in [7, 11) is -9.91. The van der Waals surface area contributed by atoms with E-state index in [4.69, 9.17) is 37.0 Å². The molecule has 0 aromatic heterocycles. The van der Waals surface area contributed by atoms with Crippen LogP contribution in [0, 0.1) is 5.92 Å². The van der Waals surface area contributed by atoms with E-state index in [1.165, 1.54) is 244 Å². The van der Waals surface area contributed by atoms with E-state index in [9.17, 15) is 43.2 Å². The largest absolute Gasteiger partial charge is 0.472 e. The van der Waals surface area contributed by atoms with Gasteiger partial charge in [0.2, 0.25) is 0 Å². The number of esters is 4. The van der Waals surface area contributed by atoms with Gasteiger partial charge in [-0.05, 0) is 31.6 Å². The number of aliphatic hydroxyl groups is 1. The Morgan fingerprint density at radius 3 is 0.694 bits per heavy atom. The Labute approximate surface area is 600 Å². The van der Waals surface area contributed by atoms with Crippen molar-refractivity contribution in [3.8, 4) is 0 Å². The molecule has 17 nitrogen and oxygen atoms in total. The maximum absolute atomic E-state index is 13.1. The summed E-state index contributed by atoms with van der Waals surface area (Å²) in [4.78, 5) is 72.8. The SMILES string of the molecule is CCCCCCCCCCCCCCCCCCCCCCCC(=O)O[C@H](COC(=O)CCCCCCCCCCCCCCCCCCCC)COP(=O)(O)OC[C@@H](O)COP(=O)(O)OC[C@@H](COC(=O)CCCCCCCCCCC)OC(=O)CCCCCCCCCC(C)C. The number of rotatable bonds is 79. The summed E-state index contributed by atoms with van der Waals surface area (Å²) in [5.74, 6) is -1.42. The van der Waals surface area contributed by atoms with Crippen LogP contribution in [0.1, 0.15) is 420 Å². The number of ether oxygens (including phenoxy) is 4. The van der Waals surface area contributed by atoms with Crippen molar-refractivity contribution in [2.45, 2.75) is 438 Å². The first-order chi connectivity index (χ1) is 47.5. The van der Waals surface area contributed by atoms with Crippen molar-refractivity contribution >= 4 is 39.5 Å². The first kappa shape index (κ1) is 96.1. The molecule has 0 saturated carbocycles. The molecule has 19 heteroatoms. The Hall–Kier alpha value is -1.94. The minimum atomic E-state index is -4.96. The minimum Gasteiger partial charge on any atom is -0.462 e. The van der Waals surface area contributed by atoms with Gasteiger partial charge < -0.3 is 33.8 Å². The van der Waals surface area contributed by atoms with E-state index in [1.54, 1.807) is 0 Å². The number of carbonyl (C=O) groups is 4. The molecular formula is C79H154O17P2. The van der Waals surface area contributed by atoms with Gasteiger partial charge in [0, 0.05) is 25.7 Å². The van der Waals surface area contributed by atoms with E-state index in [0.29, 0.717) is 31.6 Å². The van der Waals surface area contributed by atoms with Gasteiger partial charge in [-0.3, -0.25) is 37.3 Å². The predicted octanol–water partition coefficient (Wildman–Crippen LogP) is 23.6. The van der Waals surface area contributed by atoms with Crippen LogP contribution in [0.3, 0.4) is 0 Å². The maximum Gasteiger partial charge on any atom is 0.472 e. The molecule has 0 aliphatic rings. The van der Waals surface area contributed by atoms with Gasteiger partial charge in [0.05, 0.1) is 26.4 Å².